The van der Waals surface area contributed by atoms with Gasteiger partial charge in [0, 0.05) is 0 Å². The van der Waals surface area contributed by atoms with Crippen LogP contribution in [0.2, 0.25) is 0 Å². The molecule has 0 aromatic heterocycles. The standard InChI is InChI=1S/2C3H5N3O9/c2*7-4(8)13-1-3(15-6(11)12)2-14-5(9)10/h2*3H,1-2H2. The van der Waals surface area contributed by atoms with Gasteiger partial charge >= 0.3 is 0 Å². The van der Waals surface area contributed by atoms with Crippen molar-refractivity contribution in [1.29, 1.82) is 0 Å². The van der Waals surface area contributed by atoms with Crippen molar-refractivity contribution in [3.05, 3.63) is 60.7 Å². The van der Waals surface area contributed by atoms with Gasteiger partial charge in [-0.1, -0.05) is 0 Å². The molecule has 24 heteroatoms. The molecule has 30 heavy (non-hydrogen) atoms. The quantitative estimate of drug-likeness (QED) is 0.179. The molecule has 0 heterocycles. The lowest BCUT2D eigenvalue weighted by Crippen LogP contribution is -2.30. The van der Waals surface area contributed by atoms with Gasteiger partial charge in [-0.15, -0.1) is 60.7 Å². The maximum atomic E-state index is 9.83. The van der Waals surface area contributed by atoms with Crippen LogP contribution in [0.1, 0.15) is 0 Å². The average Bonchev–Trinajstić information content (AvgIpc) is 2.59. The summed E-state index contributed by atoms with van der Waals surface area (Å²) in [7, 11) is 0. The number of hydrogen-bond donors (Lipinski definition) is 0. The van der Waals surface area contributed by atoms with E-state index in [1.165, 1.54) is 0 Å². The first-order chi connectivity index (χ1) is 13.8. The molecule has 0 amide bonds. The van der Waals surface area contributed by atoms with Gasteiger partial charge in [0.1, 0.15) is 26.4 Å². The molecule has 0 spiro atoms. The Balaban J connectivity index is 0. The SMILES string of the molecule is O=[N+]([O-])OCC(CO[N+](=O)[O-])O[N+](=O)[O-].O=[N+]([O-])OCC(CO[N+](=O)[O-])O[N+](=O)[O-]. The molecule has 0 aliphatic rings. The van der Waals surface area contributed by atoms with Gasteiger partial charge in [0.25, 0.3) is 30.5 Å². The molecule has 0 bridgehead atoms. The van der Waals surface area contributed by atoms with Crippen molar-refractivity contribution < 1.29 is 59.5 Å². The second-order valence-electron chi connectivity index (χ2n) is 3.98. The smallest absolute Gasteiger partial charge is 0.294 e. The first-order valence-corrected chi connectivity index (χ1v) is 6.55. The Kier molecular flexibility index (Phi) is 14.0. The van der Waals surface area contributed by atoms with Crippen LogP contribution in [0.4, 0.5) is 0 Å². The van der Waals surface area contributed by atoms with Crippen molar-refractivity contribution in [2.24, 2.45) is 0 Å². The zero-order chi connectivity index (χ0) is 23.7. The van der Waals surface area contributed by atoms with Crippen molar-refractivity contribution in [1.82, 2.24) is 0 Å². The predicted molar refractivity (Wildman–Crippen MR) is 75.5 cm³/mol. The van der Waals surface area contributed by atoms with E-state index in [1.54, 1.807) is 0 Å². The normalized spacial score (nSPS) is 9.40. The fourth-order valence-electron chi connectivity index (χ4n) is 1.04. The Labute approximate surface area is 160 Å². The maximum Gasteiger partial charge on any atom is 0.294 e. The van der Waals surface area contributed by atoms with Crippen LogP contribution in [0.25, 0.3) is 0 Å². The van der Waals surface area contributed by atoms with Crippen LogP contribution in [0.3, 0.4) is 0 Å². The summed E-state index contributed by atoms with van der Waals surface area (Å²) in [6.45, 7) is -3.38. The lowest BCUT2D eigenvalue weighted by molar-refractivity contribution is -0.803. The fraction of sp³-hybridized carbons (Fsp3) is 1.00. The van der Waals surface area contributed by atoms with E-state index in [2.05, 4.69) is 29.0 Å². The van der Waals surface area contributed by atoms with Gasteiger partial charge in [-0.25, -0.2) is 0 Å². The minimum absolute atomic E-state index is 0.845. The van der Waals surface area contributed by atoms with Gasteiger partial charge in [0.2, 0.25) is 0 Å². The van der Waals surface area contributed by atoms with E-state index < -0.39 is 69.2 Å². The first-order valence-electron chi connectivity index (χ1n) is 6.55. The third-order valence-corrected chi connectivity index (χ3v) is 1.93. The highest BCUT2D eigenvalue weighted by atomic mass is 17.0. The summed E-state index contributed by atoms with van der Waals surface area (Å²) < 4.78 is 0. The van der Waals surface area contributed by atoms with Crippen LogP contribution >= 0.6 is 0 Å². The van der Waals surface area contributed by atoms with Crippen LogP contribution in [-0.2, 0) is 29.0 Å². The predicted octanol–water partition coefficient (Wildman–Crippen LogP) is -2.04. The van der Waals surface area contributed by atoms with E-state index in [-0.39, 0.29) is 0 Å². The minimum atomic E-state index is -1.55. The van der Waals surface area contributed by atoms with Crippen LogP contribution in [0.15, 0.2) is 0 Å². The highest BCUT2D eigenvalue weighted by Crippen LogP contribution is 1.97. The Morgan fingerprint density at radius 3 is 0.767 bits per heavy atom. The lowest BCUT2D eigenvalue weighted by Gasteiger charge is -2.11. The topological polar surface area (TPSA) is 314 Å². The van der Waals surface area contributed by atoms with Gasteiger partial charge in [-0.05, 0) is 0 Å². The molecule has 0 unspecified atom stereocenters. The second kappa shape index (κ2) is 15.3. The monoisotopic (exact) mass is 454 g/mol. The molecule has 0 aromatic carbocycles. The van der Waals surface area contributed by atoms with Crippen LogP contribution < -0.4 is 0 Å². The van der Waals surface area contributed by atoms with E-state index >= 15 is 0 Å². The lowest BCUT2D eigenvalue weighted by atomic mass is 10.4. The highest BCUT2D eigenvalue weighted by molar-refractivity contribution is 4.49. The third-order valence-electron chi connectivity index (χ3n) is 1.93. The number of hydrogen-bond acceptors (Lipinski definition) is 18. The molecule has 0 saturated carbocycles. The van der Waals surface area contributed by atoms with Crippen molar-refractivity contribution in [2.75, 3.05) is 26.4 Å². The van der Waals surface area contributed by atoms with Gasteiger partial charge in [0.05, 0.1) is 0 Å². The number of rotatable bonds is 16. The molecular formula is C6H10N6O18. The third kappa shape index (κ3) is 21.2. The summed E-state index contributed by atoms with van der Waals surface area (Å²) in [6, 6.07) is 0. The van der Waals surface area contributed by atoms with Gasteiger partial charge < -0.3 is 29.0 Å². The molecule has 0 atom stereocenters. The number of nitrogens with zero attached hydrogens (tertiary/aromatic N) is 6. The van der Waals surface area contributed by atoms with Crippen molar-refractivity contribution in [3.8, 4) is 0 Å². The minimum Gasteiger partial charge on any atom is -0.311 e. The van der Waals surface area contributed by atoms with E-state index in [0.717, 1.165) is 0 Å². The summed E-state index contributed by atoms with van der Waals surface area (Å²) in [5, 5.41) is 51.1. The second-order valence-corrected chi connectivity index (χ2v) is 3.98. The van der Waals surface area contributed by atoms with E-state index in [0.29, 0.717) is 0 Å². The molecule has 172 valence electrons. The highest BCUT2D eigenvalue weighted by Gasteiger charge is 2.18. The van der Waals surface area contributed by atoms with E-state index in [9.17, 15) is 60.7 Å². The Bertz CT molecular complexity index is 522. The van der Waals surface area contributed by atoms with Gasteiger partial charge in [0.15, 0.2) is 12.2 Å². The summed E-state index contributed by atoms with van der Waals surface area (Å²) in [5.41, 5.74) is 0. The van der Waals surface area contributed by atoms with Crippen molar-refractivity contribution in [2.45, 2.75) is 12.2 Å². The Morgan fingerprint density at radius 1 is 0.433 bits per heavy atom. The molecule has 0 fully saturated rings. The molecule has 24 nitrogen and oxygen atoms in total. The largest absolute Gasteiger partial charge is 0.311 e. The average molecular weight is 454 g/mol. The molecule has 0 saturated heterocycles. The molecule has 0 N–H and O–H groups in total. The molecular weight excluding hydrogens is 444 g/mol. The van der Waals surface area contributed by atoms with E-state index in [1.807, 2.05) is 0 Å². The van der Waals surface area contributed by atoms with Crippen LogP contribution in [0.5, 0.6) is 0 Å². The van der Waals surface area contributed by atoms with E-state index in [4.69, 9.17) is 0 Å². The van der Waals surface area contributed by atoms with Crippen LogP contribution in [0, 0.1) is 60.7 Å². The first kappa shape index (κ1) is 27.4. The Hall–Kier alpha value is -4.80. The Morgan fingerprint density at radius 2 is 0.633 bits per heavy atom. The molecule has 0 aromatic rings. The fourth-order valence-corrected chi connectivity index (χ4v) is 1.04. The van der Waals surface area contributed by atoms with Crippen molar-refractivity contribution in [3.63, 3.8) is 0 Å². The van der Waals surface area contributed by atoms with Gasteiger partial charge in [-0.2, -0.15) is 0 Å². The molecule has 0 aliphatic carbocycles. The van der Waals surface area contributed by atoms with Crippen molar-refractivity contribution >= 4 is 0 Å². The summed E-state index contributed by atoms with van der Waals surface area (Å²) >= 11 is 0. The molecule has 0 radical (unpaired) electrons. The zero-order valence-corrected chi connectivity index (χ0v) is 14.0. The van der Waals surface area contributed by atoms with Gasteiger partial charge in [-0.3, -0.25) is 0 Å². The summed E-state index contributed by atoms with van der Waals surface area (Å²) in [6.07, 6.45) is -3.09. The van der Waals surface area contributed by atoms with Crippen LogP contribution in [-0.4, -0.2) is 69.2 Å². The summed E-state index contributed by atoms with van der Waals surface area (Å²) in [5.74, 6) is 0. The summed E-state index contributed by atoms with van der Waals surface area (Å²) in [4.78, 5) is 81.0. The zero-order valence-electron chi connectivity index (χ0n) is 14.0. The molecule has 0 aliphatic heterocycles. The maximum absolute atomic E-state index is 9.83. The molecule has 0 rings (SSSR count).